The molecule has 1 aromatic rings. The molecule has 1 N–H and O–H groups in total. The maximum Gasteiger partial charge on any atom is 0.335 e. The molecule has 0 saturated carbocycles. The Morgan fingerprint density at radius 1 is 1.35 bits per heavy atom. The van der Waals surface area contributed by atoms with Crippen LogP contribution in [0.15, 0.2) is 18.3 Å². The number of carboxylic acids is 1. The highest BCUT2D eigenvalue weighted by atomic mass is 32.2. The van der Waals surface area contributed by atoms with Gasteiger partial charge in [-0.2, -0.15) is 11.8 Å². The molecule has 0 spiro atoms. The van der Waals surface area contributed by atoms with Crippen molar-refractivity contribution in [3.05, 3.63) is 29.6 Å². The molecule has 128 valence electrons. The van der Waals surface area contributed by atoms with Crippen LogP contribution in [0.2, 0.25) is 0 Å². The van der Waals surface area contributed by atoms with Gasteiger partial charge in [0.1, 0.15) is 5.60 Å². The number of hydrogen-bond acceptors (Lipinski definition) is 5. The quantitative estimate of drug-likeness (QED) is 0.731. The molecule has 0 unspecified atom stereocenters. The molecule has 1 atom stereocenters. The SMILES string of the molecule is CSCC[C@H](CCc1cc(C(=O)O)ccn1)C(=O)OC(C)(C)C. The molecule has 0 aliphatic rings. The minimum atomic E-state index is -0.972. The first-order valence-electron chi connectivity index (χ1n) is 7.63. The number of rotatable bonds is 8. The maximum absolute atomic E-state index is 12.3. The second kappa shape index (κ2) is 8.91. The van der Waals surface area contributed by atoms with Gasteiger partial charge in [0.25, 0.3) is 0 Å². The summed E-state index contributed by atoms with van der Waals surface area (Å²) in [5.74, 6) is -0.482. The van der Waals surface area contributed by atoms with Gasteiger partial charge in [-0.05, 0) is 64.2 Å². The number of aryl methyl sites for hydroxylation is 1. The Morgan fingerprint density at radius 2 is 2.04 bits per heavy atom. The highest BCUT2D eigenvalue weighted by Gasteiger charge is 2.24. The van der Waals surface area contributed by atoms with Crippen molar-refractivity contribution in [2.45, 2.75) is 45.6 Å². The molecule has 23 heavy (non-hydrogen) atoms. The molecule has 0 bridgehead atoms. The fourth-order valence-electron chi connectivity index (χ4n) is 2.10. The molecule has 0 radical (unpaired) electrons. The Labute approximate surface area is 141 Å². The Morgan fingerprint density at radius 3 is 2.61 bits per heavy atom. The van der Waals surface area contributed by atoms with Crippen LogP contribution in [0.1, 0.15) is 49.7 Å². The van der Waals surface area contributed by atoms with E-state index >= 15 is 0 Å². The third kappa shape index (κ3) is 7.50. The number of carbonyl (C=O) groups is 2. The first kappa shape index (κ1) is 19.5. The van der Waals surface area contributed by atoms with Crippen molar-refractivity contribution >= 4 is 23.7 Å². The van der Waals surface area contributed by atoms with Gasteiger partial charge in [0, 0.05) is 11.9 Å². The van der Waals surface area contributed by atoms with Crippen LogP contribution in [0.5, 0.6) is 0 Å². The summed E-state index contributed by atoms with van der Waals surface area (Å²) in [7, 11) is 0. The number of carboxylic acid groups (broad SMARTS) is 1. The van der Waals surface area contributed by atoms with Gasteiger partial charge in [-0.3, -0.25) is 9.78 Å². The molecule has 1 rings (SSSR count). The van der Waals surface area contributed by atoms with Crippen molar-refractivity contribution in [3.8, 4) is 0 Å². The summed E-state index contributed by atoms with van der Waals surface area (Å²) in [6.45, 7) is 5.57. The summed E-state index contributed by atoms with van der Waals surface area (Å²) >= 11 is 1.69. The number of ether oxygens (including phenoxy) is 1. The number of aromatic carboxylic acids is 1. The molecule has 0 fully saturated rings. The van der Waals surface area contributed by atoms with Crippen molar-refractivity contribution in [3.63, 3.8) is 0 Å². The van der Waals surface area contributed by atoms with Gasteiger partial charge in [0.15, 0.2) is 0 Å². The number of pyridine rings is 1. The molecule has 1 aromatic heterocycles. The Balaban J connectivity index is 2.72. The first-order valence-corrected chi connectivity index (χ1v) is 9.02. The summed E-state index contributed by atoms with van der Waals surface area (Å²) in [6.07, 6.45) is 5.40. The minimum absolute atomic E-state index is 0.194. The molecule has 6 heteroatoms. The van der Waals surface area contributed by atoms with Crippen molar-refractivity contribution < 1.29 is 19.4 Å². The third-order valence-corrected chi connectivity index (χ3v) is 3.87. The maximum atomic E-state index is 12.3. The van der Waals surface area contributed by atoms with Crippen LogP contribution in [0.3, 0.4) is 0 Å². The van der Waals surface area contributed by atoms with E-state index < -0.39 is 11.6 Å². The Kier molecular flexibility index (Phi) is 7.55. The predicted molar refractivity (Wildman–Crippen MR) is 91.9 cm³/mol. The fraction of sp³-hybridized carbons (Fsp3) is 0.588. The summed E-state index contributed by atoms with van der Waals surface area (Å²) in [5.41, 5.74) is 0.395. The van der Waals surface area contributed by atoms with Crippen LogP contribution in [0.4, 0.5) is 0 Å². The van der Waals surface area contributed by atoms with E-state index in [-0.39, 0.29) is 17.5 Å². The minimum Gasteiger partial charge on any atom is -0.478 e. The second-order valence-electron chi connectivity index (χ2n) is 6.39. The molecular formula is C17H25NO4S. The lowest BCUT2D eigenvalue weighted by Gasteiger charge is -2.24. The largest absolute Gasteiger partial charge is 0.478 e. The van der Waals surface area contributed by atoms with Crippen LogP contribution in [-0.4, -0.2) is 39.6 Å². The molecule has 1 heterocycles. The van der Waals surface area contributed by atoms with Gasteiger partial charge < -0.3 is 9.84 Å². The average Bonchev–Trinajstić information content (AvgIpc) is 2.45. The zero-order chi connectivity index (χ0) is 17.5. The number of hydrogen-bond donors (Lipinski definition) is 1. The van der Waals surface area contributed by atoms with E-state index in [1.807, 2.05) is 27.0 Å². The summed E-state index contributed by atoms with van der Waals surface area (Å²) in [5, 5.41) is 9.01. The molecule has 0 aliphatic carbocycles. The smallest absolute Gasteiger partial charge is 0.335 e. The van der Waals surface area contributed by atoms with E-state index in [1.54, 1.807) is 17.8 Å². The lowest BCUT2D eigenvalue weighted by Crippen LogP contribution is -2.29. The van der Waals surface area contributed by atoms with Gasteiger partial charge in [0.05, 0.1) is 11.5 Å². The lowest BCUT2D eigenvalue weighted by molar-refractivity contribution is -0.160. The number of esters is 1. The Bertz CT molecular complexity index is 540. The van der Waals surface area contributed by atoms with Gasteiger partial charge in [-0.15, -0.1) is 0 Å². The van der Waals surface area contributed by atoms with E-state index in [1.165, 1.54) is 12.3 Å². The van der Waals surface area contributed by atoms with Crippen LogP contribution in [0, 0.1) is 5.92 Å². The molecule has 0 aliphatic heterocycles. The third-order valence-electron chi connectivity index (χ3n) is 3.22. The average molecular weight is 339 g/mol. The second-order valence-corrected chi connectivity index (χ2v) is 7.38. The van der Waals surface area contributed by atoms with E-state index in [2.05, 4.69) is 4.98 Å². The van der Waals surface area contributed by atoms with Crippen LogP contribution in [0.25, 0.3) is 0 Å². The highest BCUT2D eigenvalue weighted by molar-refractivity contribution is 7.98. The lowest BCUT2D eigenvalue weighted by atomic mass is 9.98. The Hall–Kier alpha value is -1.56. The van der Waals surface area contributed by atoms with E-state index in [4.69, 9.17) is 9.84 Å². The number of nitrogens with zero attached hydrogens (tertiary/aromatic N) is 1. The molecular weight excluding hydrogens is 314 g/mol. The summed E-state index contributed by atoms with van der Waals surface area (Å²) < 4.78 is 5.48. The molecule has 0 aromatic carbocycles. The highest BCUT2D eigenvalue weighted by Crippen LogP contribution is 2.20. The van der Waals surface area contributed by atoms with Crippen LogP contribution in [-0.2, 0) is 16.0 Å². The van der Waals surface area contributed by atoms with Gasteiger partial charge >= 0.3 is 11.9 Å². The summed E-state index contributed by atoms with van der Waals surface area (Å²) in [4.78, 5) is 27.5. The van der Waals surface area contributed by atoms with Gasteiger partial charge in [-0.1, -0.05) is 0 Å². The fourth-order valence-corrected chi connectivity index (χ4v) is 2.62. The molecule has 5 nitrogen and oxygen atoms in total. The van der Waals surface area contributed by atoms with Crippen molar-refractivity contribution in [1.82, 2.24) is 4.98 Å². The van der Waals surface area contributed by atoms with Gasteiger partial charge in [0.2, 0.25) is 0 Å². The summed E-state index contributed by atoms with van der Waals surface area (Å²) in [6, 6.07) is 3.02. The van der Waals surface area contributed by atoms with E-state index in [0.29, 0.717) is 18.5 Å². The van der Waals surface area contributed by atoms with E-state index in [9.17, 15) is 9.59 Å². The van der Waals surface area contributed by atoms with Crippen LogP contribution >= 0.6 is 11.8 Å². The molecule has 0 amide bonds. The van der Waals surface area contributed by atoms with Crippen LogP contribution < -0.4 is 0 Å². The standard InChI is InChI=1S/C17H25NO4S/c1-17(2,3)22-16(21)12(8-10-23-4)5-6-14-11-13(15(19)20)7-9-18-14/h7,9,11-12H,5-6,8,10H2,1-4H3,(H,19,20)/t12-/m0/s1. The van der Waals surface area contributed by atoms with Crippen molar-refractivity contribution in [2.75, 3.05) is 12.0 Å². The number of aromatic nitrogens is 1. The zero-order valence-electron chi connectivity index (χ0n) is 14.2. The number of carbonyl (C=O) groups excluding carboxylic acids is 1. The van der Waals surface area contributed by atoms with E-state index in [0.717, 1.165) is 12.2 Å². The normalized spacial score (nSPS) is 12.7. The first-order chi connectivity index (χ1) is 10.7. The molecule has 0 saturated heterocycles. The van der Waals surface area contributed by atoms with Gasteiger partial charge in [-0.25, -0.2) is 4.79 Å². The predicted octanol–water partition coefficient (Wildman–Crippen LogP) is 3.42. The zero-order valence-corrected chi connectivity index (χ0v) is 15.0. The monoisotopic (exact) mass is 339 g/mol. The van der Waals surface area contributed by atoms with Crippen molar-refractivity contribution in [2.24, 2.45) is 5.92 Å². The number of thioether (sulfide) groups is 1. The topological polar surface area (TPSA) is 76.5 Å². The van der Waals surface area contributed by atoms with Crippen molar-refractivity contribution in [1.29, 1.82) is 0 Å².